The van der Waals surface area contributed by atoms with Gasteiger partial charge in [0.05, 0.1) is 0 Å². The third-order valence-corrected chi connectivity index (χ3v) is 6.66. The van der Waals surface area contributed by atoms with Gasteiger partial charge in [-0.15, -0.1) is 0 Å². The number of anilines is 2. The number of amides is 2. The lowest BCUT2D eigenvalue weighted by Gasteiger charge is -2.36. The number of aryl methyl sites for hydroxylation is 1. The number of imidazole rings is 1. The molecule has 2 amide bonds. The molecular formula is C26H28FN5O2. The fraction of sp³-hybridized carbons (Fsp3) is 0.346. The summed E-state index contributed by atoms with van der Waals surface area (Å²) in [5, 5.41) is 0. The highest BCUT2D eigenvalue weighted by Gasteiger charge is 2.33. The lowest BCUT2D eigenvalue weighted by Crippen LogP contribution is -2.49. The number of aromatic nitrogens is 2. The Morgan fingerprint density at radius 3 is 2.32 bits per heavy atom. The minimum absolute atomic E-state index is 0.0953. The third kappa shape index (κ3) is 4.16. The molecule has 3 aromatic rings. The van der Waals surface area contributed by atoms with Crippen LogP contribution in [0.15, 0.2) is 54.6 Å². The number of halogens is 1. The summed E-state index contributed by atoms with van der Waals surface area (Å²) >= 11 is 0. The van der Waals surface area contributed by atoms with Crippen LogP contribution in [0.5, 0.6) is 0 Å². The first-order chi connectivity index (χ1) is 16.5. The first kappa shape index (κ1) is 22.1. The Morgan fingerprint density at radius 2 is 1.62 bits per heavy atom. The Kier molecular flexibility index (Phi) is 6.04. The highest BCUT2D eigenvalue weighted by atomic mass is 19.1. The summed E-state index contributed by atoms with van der Waals surface area (Å²) < 4.78 is 15.3. The zero-order chi connectivity index (χ0) is 23.7. The number of piperazine rings is 1. The van der Waals surface area contributed by atoms with E-state index < -0.39 is 0 Å². The van der Waals surface area contributed by atoms with Crippen LogP contribution in [-0.4, -0.2) is 59.5 Å². The van der Waals surface area contributed by atoms with Gasteiger partial charge in [-0.2, -0.15) is 0 Å². The van der Waals surface area contributed by atoms with Gasteiger partial charge in [-0.05, 0) is 49.2 Å². The van der Waals surface area contributed by atoms with E-state index in [4.69, 9.17) is 4.98 Å². The molecule has 0 unspecified atom stereocenters. The Bertz CT molecular complexity index is 1180. The number of rotatable bonds is 4. The second-order valence-corrected chi connectivity index (χ2v) is 8.79. The first-order valence-corrected chi connectivity index (χ1v) is 11.8. The molecule has 1 fully saturated rings. The van der Waals surface area contributed by atoms with Gasteiger partial charge < -0.3 is 14.4 Å². The molecule has 0 radical (unpaired) electrons. The van der Waals surface area contributed by atoms with E-state index in [0.29, 0.717) is 43.3 Å². The van der Waals surface area contributed by atoms with Crippen LogP contribution >= 0.6 is 0 Å². The zero-order valence-corrected chi connectivity index (χ0v) is 19.3. The topological polar surface area (TPSA) is 61.7 Å². The van der Waals surface area contributed by atoms with Crippen LogP contribution in [0.1, 0.15) is 39.5 Å². The molecule has 0 atom stereocenters. The van der Waals surface area contributed by atoms with E-state index in [0.717, 1.165) is 37.3 Å². The van der Waals surface area contributed by atoms with E-state index in [-0.39, 0.29) is 17.6 Å². The SMILES string of the molecule is CN(C(=O)c1ccccc1)c1nc2n(c1C(=O)N1CCN(c3ccc(F)cc3)CC1)CCCC2. The van der Waals surface area contributed by atoms with Crippen molar-refractivity contribution in [1.29, 1.82) is 0 Å². The smallest absolute Gasteiger partial charge is 0.274 e. The van der Waals surface area contributed by atoms with E-state index in [1.165, 1.54) is 17.0 Å². The van der Waals surface area contributed by atoms with E-state index >= 15 is 0 Å². The number of carbonyl (C=O) groups excluding carboxylic acids is 2. The quantitative estimate of drug-likeness (QED) is 0.596. The van der Waals surface area contributed by atoms with Crippen LogP contribution in [-0.2, 0) is 13.0 Å². The summed E-state index contributed by atoms with van der Waals surface area (Å²) in [6, 6.07) is 15.5. The predicted molar refractivity (Wildman–Crippen MR) is 129 cm³/mol. The summed E-state index contributed by atoms with van der Waals surface area (Å²) in [5.74, 6) is 0.747. The normalized spacial score (nSPS) is 15.7. The van der Waals surface area contributed by atoms with E-state index in [1.807, 2.05) is 27.7 Å². The van der Waals surface area contributed by atoms with E-state index in [2.05, 4.69) is 4.90 Å². The van der Waals surface area contributed by atoms with Crippen molar-refractivity contribution in [3.63, 3.8) is 0 Å². The van der Waals surface area contributed by atoms with Gasteiger partial charge in [0.1, 0.15) is 11.6 Å². The summed E-state index contributed by atoms with van der Waals surface area (Å²) in [6.45, 7) is 3.14. The molecule has 2 aliphatic heterocycles. The van der Waals surface area contributed by atoms with Gasteiger partial charge in [0.2, 0.25) is 0 Å². The van der Waals surface area contributed by atoms with Gasteiger partial charge in [0.15, 0.2) is 11.5 Å². The Balaban J connectivity index is 1.39. The van der Waals surface area contributed by atoms with Gasteiger partial charge in [-0.25, -0.2) is 9.37 Å². The molecule has 5 rings (SSSR count). The van der Waals surface area contributed by atoms with Crippen LogP contribution < -0.4 is 9.80 Å². The van der Waals surface area contributed by atoms with Gasteiger partial charge in [-0.3, -0.25) is 14.5 Å². The molecule has 7 nitrogen and oxygen atoms in total. The Labute approximate surface area is 198 Å². The highest BCUT2D eigenvalue weighted by molar-refractivity contribution is 6.09. The van der Waals surface area contributed by atoms with Gasteiger partial charge in [0.25, 0.3) is 11.8 Å². The van der Waals surface area contributed by atoms with Crippen LogP contribution in [0.3, 0.4) is 0 Å². The van der Waals surface area contributed by atoms with Crippen molar-refractivity contribution in [2.75, 3.05) is 43.0 Å². The highest BCUT2D eigenvalue weighted by Crippen LogP contribution is 2.28. The Morgan fingerprint density at radius 1 is 0.912 bits per heavy atom. The summed E-state index contributed by atoms with van der Waals surface area (Å²) in [6.07, 6.45) is 2.81. The van der Waals surface area contributed by atoms with Crippen LogP contribution in [0.2, 0.25) is 0 Å². The molecule has 8 heteroatoms. The number of carbonyl (C=O) groups is 2. The van der Waals surface area contributed by atoms with Gasteiger partial charge in [0, 0.05) is 57.4 Å². The molecule has 0 bridgehead atoms. The van der Waals surface area contributed by atoms with E-state index in [1.54, 1.807) is 31.3 Å². The predicted octanol–water partition coefficient (Wildman–Crippen LogP) is 3.60. The molecular weight excluding hydrogens is 433 g/mol. The zero-order valence-electron chi connectivity index (χ0n) is 19.3. The van der Waals surface area contributed by atoms with Crippen LogP contribution in [0.4, 0.5) is 15.9 Å². The van der Waals surface area contributed by atoms with Crippen molar-refractivity contribution in [3.05, 3.63) is 77.5 Å². The van der Waals surface area contributed by atoms with Crippen molar-refractivity contribution in [2.45, 2.75) is 25.8 Å². The minimum atomic E-state index is -0.259. The summed E-state index contributed by atoms with van der Waals surface area (Å²) in [5.41, 5.74) is 2.00. The van der Waals surface area contributed by atoms with Crippen LogP contribution in [0.25, 0.3) is 0 Å². The standard InChI is InChI=1S/C26H28FN5O2/c1-29(25(33)19-7-3-2-4-8-19)24-23(32-14-6-5-9-22(32)28-24)26(34)31-17-15-30(16-18-31)21-12-10-20(27)11-13-21/h2-4,7-8,10-13H,5-6,9,14-18H2,1H3. The molecule has 0 aliphatic carbocycles. The van der Waals surface area contributed by atoms with Gasteiger partial charge >= 0.3 is 0 Å². The maximum atomic E-state index is 13.8. The largest absolute Gasteiger partial charge is 0.368 e. The summed E-state index contributed by atoms with van der Waals surface area (Å²) in [4.78, 5) is 37.2. The molecule has 0 saturated carbocycles. The number of hydrogen-bond donors (Lipinski definition) is 0. The van der Waals surface area contributed by atoms with E-state index in [9.17, 15) is 14.0 Å². The second kappa shape index (κ2) is 9.29. The second-order valence-electron chi connectivity index (χ2n) is 8.79. The molecule has 2 aromatic carbocycles. The van der Waals surface area contributed by atoms with Crippen LogP contribution in [0, 0.1) is 5.82 Å². The number of benzene rings is 2. The maximum absolute atomic E-state index is 13.8. The molecule has 2 aliphatic rings. The fourth-order valence-corrected chi connectivity index (χ4v) is 4.75. The Hall–Kier alpha value is -3.68. The molecule has 3 heterocycles. The molecule has 1 saturated heterocycles. The average molecular weight is 462 g/mol. The number of hydrogen-bond acceptors (Lipinski definition) is 4. The molecule has 34 heavy (non-hydrogen) atoms. The van der Waals surface area contributed by atoms with Crippen molar-refractivity contribution in [2.24, 2.45) is 0 Å². The van der Waals surface area contributed by atoms with Crippen molar-refractivity contribution < 1.29 is 14.0 Å². The number of nitrogens with zero attached hydrogens (tertiary/aromatic N) is 5. The van der Waals surface area contributed by atoms with Crippen molar-refractivity contribution in [1.82, 2.24) is 14.5 Å². The summed E-state index contributed by atoms with van der Waals surface area (Å²) in [7, 11) is 1.69. The molecule has 176 valence electrons. The maximum Gasteiger partial charge on any atom is 0.274 e. The number of fused-ring (bicyclic) bond motifs is 1. The average Bonchev–Trinajstić information content (AvgIpc) is 3.28. The molecule has 1 aromatic heterocycles. The molecule has 0 spiro atoms. The van der Waals surface area contributed by atoms with Crippen molar-refractivity contribution >= 4 is 23.3 Å². The first-order valence-electron chi connectivity index (χ1n) is 11.8. The fourth-order valence-electron chi connectivity index (χ4n) is 4.75. The lowest BCUT2D eigenvalue weighted by atomic mass is 10.1. The lowest BCUT2D eigenvalue weighted by molar-refractivity contribution is 0.0735. The van der Waals surface area contributed by atoms with Crippen molar-refractivity contribution in [3.8, 4) is 0 Å². The minimum Gasteiger partial charge on any atom is -0.368 e. The third-order valence-electron chi connectivity index (χ3n) is 6.66. The van der Waals surface area contributed by atoms with Gasteiger partial charge in [-0.1, -0.05) is 18.2 Å². The monoisotopic (exact) mass is 461 g/mol. The molecule has 0 N–H and O–H groups in total.